The fourth-order valence-corrected chi connectivity index (χ4v) is 0.664. The third-order valence-corrected chi connectivity index (χ3v) is 1.20. The number of hydrogen-bond donors (Lipinski definition) is 3. The van der Waals surface area contributed by atoms with Crippen LogP contribution in [0.25, 0.3) is 0 Å². The van der Waals surface area contributed by atoms with Gasteiger partial charge < -0.3 is 10.5 Å². The van der Waals surface area contributed by atoms with Crippen LogP contribution in [0.3, 0.4) is 0 Å². The molecule has 0 aliphatic rings. The molecular formula is C3H8N2O5S. The van der Waals surface area contributed by atoms with Gasteiger partial charge in [-0.05, 0) is 0 Å². The lowest BCUT2D eigenvalue weighted by Crippen LogP contribution is -2.28. The second-order valence-corrected chi connectivity index (χ2v) is 2.78. The van der Waals surface area contributed by atoms with Gasteiger partial charge in [-0.25, -0.2) is 4.79 Å². The van der Waals surface area contributed by atoms with Crippen molar-refractivity contribution in [3.8, 4) is 0 Å². The molecule has 0 spiro atoms. The Balaban J connectivity index is 3.37. The van der Waals surface area contributed by atoms with Gasteiger partial charge in [-0.3, -0.25) is 4.55 Å². The molecule has 0 aromatic heterocycles. The van der Waals surface area contributed by atoms with Crippen LogP contribution in [0.15, 0.2) is 0 Å². The minimum absolute atomic E-state index is 0.207. The van der Waals surface area contributed by atoms with E-state index in [-0.39, 0.29) is 13.2 Å². The first-order valence-corrected chi connectivity index (χ1v) is 4.00. The van der Waals surface area contributed by atoms with E-state index in [1.54, 1.807) is 4.72 Å². The highest BCUT2D eigenvalue weighted by Crippen LogP contribution is 1.74. The van der Waals surface area contributed by atoms with Gasteiger partial charge in [0.1, 0.15) is 6.61 Å². The molecule has 11 heavy (non-hydrogen) atoms. The summed E-state index contributed by atoms with van der Waals surface area (Å²) in [5, 5.41) is 0. The van der Waals surface area contributed by atoms with Crippen LogP contribution < -0.4 is 10.5 Å². The molecular weight excluding hydrogens is 176 g/mol. The first-order chi connectivity index (χ1) is 4.92. The van der Waals surface area contributed by atoms with E-state index < -0.39 is 16.4 Å². The second kappa shape index (κ2) is 4.11. The van der Waals surface area contributed by atoms with Crippen LogP contribution in [0.1, 0.15) is 0 Å². The van der Waals surface area contributed by atoms with E-state index in [1.165, 1.54) is 0 Å². The molecule has 66 valence electrons. The van der Waals surface area contributed by atoms with Gasteiger partial charge in [0.05, 0.1) is 0 Å². The number of primary amides is 1. The van der Waals surface area contributed by atoms with Gasteiger partial charge in [0.15, 0.2) is 0 Å². The maximum atomic E-state index is 9.95. The van der Waals surface area contributed by atoms with E-state index in [0.29, 0.717) is 0 Å². The predicted octanol–water partition coefficient (Wildman–Crippen LogP) is -1.53. The summed E-state index contributed by atoms with van der Waals surface area (Å²) < 4.78 is 33.8. The summed E-state index contributed by atoms with van der Waals surface area (Å²) in [5.41, 5.74) is 4.54. The van der Waals surface area contributed by atoms with Crippen LogP contribution in [-0.4, -0.2) is 32.2 Å². The Morgan fingerprint density at radius 2 is 2.18 bits per heavy atom. The van der Waals surface area contributed by atoms with Crippen molar-refractivity contribution in [2.45, 2.75) is 0 Å². The van der Waals surface area contributed by atoms with Gasteiger partial charge in [-0.1, -0.05) is 0 Å². The predicted molar refractivity (Wildman–Crippen MR) is 35.1 cm³/mol. The average molecular weight is 184 g/mol. The number of carbonyl (C=O) groups excluding carboxylic acids is 1. The lowest BCUT2D eigenvalue weighted by atomic mass is 10.7. The Morgan fingerprint density at radius 3 is 2.55 bits per heavy atom. The van der Waals surface area contributed by atoms with Gasteiger partial charge in [0.25, 0.3) is 0 Å². The van der Waals surface area contributed by atoms with Crippen molar-refractivity contribution in [3.05, 3.63) is 0 Å². The topological polar surface area (TPSA) is 119 Å². The number of nitrogens with one attached hydrogen (secondary N) is 1. The Morgan fingerprint density at radius 1 is 1.64 bits per heavy atom. The lowest BCUT2D eigenvalue weighted by Gasteiger charge is -2.00. The molecule has 8 heteroatoms. The summed E-state index contributed by atoms with van der Waals surface area (Å²) in [6.07, 6.45) is -0.998. The van der Waals surface area contributed by atoms with Gasteiger partial charge in [0, 0.05) is 6.54 Å². The number of hydrogen-bond acceptors (Lipinski definition) is 4. The molecule has 0 aliphatic heterocycles. The van der Waals surface area contributed by atoms with Crippen molar-refractivity contribution in [3.63, 3.8) is 0 Å². The number of nitrogens with two attached hydrogens (primary N) is 1. The standard InChI is InChI=1S/C3H8N2O5S/c4-3(6)10-2-1-5-11(7,8)9/h5H,1-2H2,(H2,4,6)(H,7,8,9). The minimum atomic E-state index is -4.20. The van der Waals surface area contributed by atoms with E-state index in [2.05, 4.69) is 10.5 Å². The van der Waals surface area contributed by atoms with Crippen molar-refractivity contribution in [2.24, 2.45) is 5.73 Å². The fraction of sp³-hybridized carbons (Fsp3) is 0.667. The highest BCUT2D eigenvalue weighted by molar-refractivity contribution is 7.83. The van der Waals surface area contributed by atoms with Crippen molar-refractivity contribution in [1.82, 2.24) is 4.72 Å². The van der Waals surface area contributed by atoms with Gasteiger partial charge >= 0.3 is 16.4 Å². The molecule has 0 fully saturated rings. The normalized spacial score (nSPS) is 11.0. The largest absolute Gasteiger partial charge is 0.448 e. The summed E-state index contributed by atoms with van der Waals surface area (Å²) in [4.78, 5) is 9.88. The van der Waals surface area contributed by atoms with E-state index in [0.717, 1.165) is 0 Å². The third kappa shape index (κ3) is 9.14. The second-order valence-electron chi connectivity index (χ2n) is 1.54. The zero-order chi connectivity index (χ0) is 8.91. The number of carbonyl (C=O) groups is 1. The van der Waals surface area contributed by atoms with Gasteiger partial charge in [-0.2, -0.15) is 13.1 Å². The van der Waals surface area contributed by atoms with Crippen LogP contribution in [0, 0.1) is 0 Å². The molecule has 0 aliphatic carbocycles. The highest BCUT2D eigenvalue weighted by atomic mass is 32.2. The first-order valence-electron chi connectivity index (χ1n) is 2.56. The Bertz CT molecular complexity index is 222. The van der Waals surface area contributed by atoms with E-state index in [1.807, 2.05) is 0 Å². The molecule has 0 radical (unpaired) electrons. The first kappa shape index (κ1) is 10.1. The lowest BCUT2D eigenvalue weighted by molar-refractivity contribution is 0.158. The van der Waals surface area contributed by atoms with Crippen molar-refractivity contribution >= 4 is 16.4 Å². The molecule has 0 atom stereocenters. The zero-order valence-corrected chi connectivity index (χ0v) is 6.30. The van der Waals surface area contributed by atoms with Crippen LogP contribution in [0.4, 0.5) is 4.79 Å². The highest BCUT2D eigenvalue weighted by Gasteiger charge is 2.01. The summed E-state index contributed by atoms with van der Waals surface area (Å²) in [6.45, 7) is -0.420. The van der Waals surface area contributed by atoms with E-state index in [9.17, 15) is 13.2 Å². The zero-order valence-electron chi connectivity index (χ0n) is 5.48. The monoisotopic (exact) mass is 184 g/mol. The van der Waals surface area contributed by atoms with Crippen molar-refractivity contribution < 1.29 is 22.5 Å². The molecule has 0 rings (SSSR count). The van der Waals surface area contributed by atoms with Gasteiger partial charge in [0.2, 0.25) is 0 Å². The molecule has 0 heterocycles. The maximum Gasteiger partial charge on any atom is 0.404 e. The maximum absolute atomic E-state index is 9.95. The minimum Gasteiger partial charge on any atom is -0.448 e. The smallest absolute Gasteiger partial charge is 0.404 e. The molecule has 4 N–H and O–H groups in total. The summed E-state index contributed by atoms with van der Waals surface area (Å²) in [6, 6.07) is 0. The number of ether oxygens (including phenoxy) is 1. The summed E-state index contributed by atoms with van der Waals surface area (Å²) >= 11 is 0. The van der Waals surface area contributed by atoms with Crippen LogP contribution in [0.5, 0.6) is 0 Å². The number of rotatable bonds is 4. The van der Waals surface area contributed by atoms with Crippen molar-refractivity contribution in [2.75, 3.05) is 13.2 Å². The van der Waals surface area contributed by atoms with Crippen molar-refractivity contribution in [1.29, 1.82) is 0 Å². The molecule has 0 unspecified atom stereocenters. The number of amides is 1. The van der Waals surface area contributed by atoms with Gasteiger partial charge in [-0.15, -0.1) is 0 Å². The fourth-order valence-electron chi connectivity index (χ4n) is 0.322. The summed E-state index contributed by atoms with van der Waals surface area (Å²) in [5.74, 6) is 0. The van der Waals surface area contributed by atoms with E-state index >= 15 is 0 Å². The van der Waals surface area contributed by atoms with E-state index in [4.69, 9.17) is 4.55 Å². The molecule has 0 bridgehead atoms. The average Bonchev–Trinajstić information content (AvgIpc) is 1.78. The van der Waals surface area contributed by atoms with Crippen LogP contribution >= 0.6 is 0 Å². The van der Waals surface area contributed by atoms with Crippen LogP contribution in [-0.2, 0) is 15.0 Å². The molecule has 1 amide bonds. The third-order valence-electron chi connectivity index (χ3n) is 0.631. The molecule has 0 saturated carbocycles. The van der Waals surface area contributed by atoms with Crippen LogP contribution in [0.2, 0.25) is 0 Å². The Labute approximate surface area is 63.4 Å². The summed E-state index contributed by atoms with van der Waals surface area (Å²) in [7, 11) is -4.20. The molecule has 7 nitrogen and oxygen atoms in total. The molecule has 0 saturated heterocycles. The molecule has 0 aromatic carbocycles. The Hall–Kier alpha value is -0.860. The quantitative estimate of drug-likeness (QED) is 0.362. The SMILES string of the molecule is NC(=O)OCCNS(=O)(=O)O. The molecule has 0 aromatic rings. The Kier molecular flexibility index (Phi) is 3.79.